The maximum absolute atomic E-state index is 10.7. The molecule has 6 heteroatoms. The molecule has 1 saturated heterocycles. The van der Waals surface area contributed by atoms with E-state index in [1.807, 2.05) is 6.20 Å². The fraction of sp³-hybridized carbons (Fsp3) is 0.556. The number of carboxylic acids is 1. The maximum atomic E-state index is 10.7. The quantitative estimate of drug-likeness (QED) is 0.843. The summed E-state index contributed by atoms with van der Waals surface area (Å²) in [5.74, 6) is -0.168. The minimum absolute atomic E-state index is 0.0522. The summed E-state index contributed by atoms with van der Waals surface area (Å²) in [5, 5.41) is 12.9. The number of aryl methyl sites for hydroxylation is 1. The summed E-state index contributed by atoms with van der Waals surface area (Å²) >= 11 is 3.27. The number of rotatable bonds is 3. The fourth-order valence-corrected chi connectivity index (χ4v) is 3.60. The second-order valence-corrected chi connectivity index (χ2v) is 5.57. The van der Waals surface area contributed by atoms with Crippen molar-refractivity contribution in [1.29, 1.82) is 0 Å². The van der Waals surface area contributed by atoms with E-state index in [1.54, 1.807) is 23.1 Å². The molecule has 1 aliphatic heterocycles. The zero-order valence-electron chi connectivity index (χ0n) is 8.27. The molecule has 0 saturated carbocycles. The van der Waals surface area contributed by atoms with Gasteiger partial charge in [0.1, 0.15) is 16.4 Å². The lowest BCUT2D eigenvalue weighted by molar-refractivity contribution is -0.138. The summed E-state index contributed by atoms with van der Waals surface area (Å²) in [4.78, 5) is 16.3. The molecule has 2 rings (SSSR count). The first-order valence-corrected chi connectivity index (χ1v) is 6.62. The zero-order valence-corrected chi connectivity index (χ0v) is 9.90. The average Bonchev–Trinajstić information content (AvgIpc) is 2.86. The van der Waals surface area contributed by atoms with Crippen molar-refractivity contribution in [2.45, 2.75) is 24.8 Å². The number of aliphatic carboxylic acids is 1. The van der Waals surface area contributed by atoms with E-state index in [2.05, 4.69) is 17.2 Å². The SMILES string of the molecule is CCc1cnc(C2N[C@H](C(=O)O)CS2)s1. The van der Waals surface area contributed by atoms with Crippen LogP contribution >= 0.6 is 23.1 Å². The highest BCUT2D eigenvalue weighted by Crippen LogP contribution is 2.34. The van der Waals surface area contributed by atoms with Gasteiger partial charge in [0.25, 0.3) is 0 Å². The molecule has 82 valence electrons. The number of nitrogens with one attached hydrogen (secondary N) is 1. The number of hydrogen-bond acceptors (Lipinski definition) is 5. The van der Waals surface area contributed by atoms with E-state index in [4.69, 9.17) is 5.11 Å². The van der Waals surface area contributed by atoms with Crippen LogP contribution in [0.25, 0.3) is 0 Å². The van der Waals surface area contributed by atoms with Crippen LogP contribution in [0.3, 0.4) is 0 Å². The Labute approximate surface area is 96.1 Å². The molecule has 0 amide bonds. The highest BCUT2D eigenvalue weighted by atomic mass is 32.2. The molecule has 2 heterocycles. The third-order valence-corrected chi connectivity index (χ3v) is 4.80. The first kappa shape index (κ1) is 10.9. The Kier molecular flexibility index (Phi) is 3.28. The van der Waals surface area contributed by atoms with E-state index in [0.29, 0.717) is 5.75 Å². The summed E-state index contributed by atoms with van der Waals surface area (Å²) in [6.45, 7) is 2.09. The van der Waals surface area contributed by atoms with Gasteiger partial charge >= 0.3 is 5.97 Å². The van der Waals surface area contributed by atoms with E-state index in [9.17, 15) is 4.79 Å². The summed E-state index contributed by atoms with van der Waals surface area (Å²) in [5.41, 5.74) is 0. The number of thioether (sulfide) groups is 1. The van der Waals surface area contributed by atoms with Gasteiger partial charge in [0.15, 0.2) is 0 Å². The molecule has 1 aromatic heterocycles. The standard InChI is InChI=1S/C9H12N2O2S2/c1-2-5-3-10-7(15-5)8-11-6(4-14-8)9(12)13/h3,6,8,11H,2,4H2,1H3,(H,12,13)/t6-,8?/m0/s1. The van der Waals surface area contributed by atoms with Crippen LogP contribution in [0.1, 0.15) is 22.2 Å². The topological polar surface area (TPSA) is 62.2 Å². The van der Waals surface area contributed by atoms with Crippen molar-refractivity contribution in [3.05, 3.63) is 16.1 Å². The summed E-state index contributed by atoms with van der Waals surface area (Å²) in [6.07, 6.45) is 2.85. The van der Waals surface area contributed by atoms with Crippen LogP contribution in [0.15, 0.2) is 6.20 Å². The van der Waals surface area contributed by atoms with Gasteiger partial charge in [0.05, 0.1) is 0 Å². The van der Waals surface area contributed by atoms with E-state index in [-0.39, 0.29) is 5.37 Å². The number of carboxylic acid groups (broad SMARTS) is 1. The van der Waals surface area contributed by atoms with Gasteiger partial charge in [-0.05, 0) is 6.42 Å². The van der Waals surface area contributed by atoms with E-state index >= 15 is 0 Å². The Balaban J connectivity index is 2.04. The van der Waals surface area contributed by atoms with Gasteiger partial charge in [-0.1, -0.05) is 6.92 Å². The number of hydrogen-bond donors (Lipinski definition) is 2. The summed E-state index contributed by atoms with van der Waals surface area (Å²) in [6, 6.07) is -0.436. The molecule has 15 heavy (non-hydrogen) atoms. The Bertz CT molecular complexity index is 367. The van der Waals surface area contributed by atoms with E-state index < -0.39 is 12.0 Å². The van der Waals surface area contributed by atoms with Gasteiger partial charge in [-0.3, -0.25) is 10.1 Å². The smallest absolute Gasteiger partial charge is 0.321 e. The normalized spacial score (nSPS) is 25.7. The molecule has 0 aromatic carbocycles. The molecule has 0 bridgehead atoms. The second kappa shape index (κ2) is 4.51. The molecule has 1 unspecified atom stereocenters. The molecule has 0 radical (unpaired) electrons. The van der Waals surface area contributed by atoms with Crippen molar-refractivity contribution in [2.24, 2.45) is 0 Å². The Hall–Kier alpha value is -0.590. The van der Waals surface area contributed by atoms with Gasteiger partial charge < -0.3 is 5.11 Å². The number of thiazole rings is 1. The molecule has 2 atom stereocenters. The Morgan fingerprint density at radius 2 is 2.60 bits per heavy atom. The molecule has 1 fully saturated rings. The van der Waals surface area contributed by atoms with Crippen LogP contribution in [0.2, 0.25) is 0 Å². The van der Waals surface area contributed by atoms with Crippen LogP contribution in [-0.4, -0.2) is 27.9 Å². The molecule has 4 nitrogen and oxygen atoms in total. The predicted octanol–water partition coefficient (Wildman–Crippen LogP) is 1.49. The van der Waals surface area contributed by atoms with Crippen molar-refractivity contribution in [2.75, 3.05) is 5.75 Å². The lowest BCUT2D eigenvalue weighted by atomic mass is 10.3. The molecule has 2 N–H and O–H groups in total. The summed E-state index contributed by atoms with van der Waals surface area (Å²) in [7, 11) is 0. The molecule has 1 aliphatic rings. The van der Waals surface area contributed by atoms with Crippen LogP contribution in [0.4, 0.5) is 0 Å². The molecule has 1 aromatic rings. The maximum Gasteiger partial charge on any atom is 0.321 e. The first-order valence-electron chi connectivity index (χ1n) is 4.75. The van der Waals surface area contributed by atoms with Crippen molar-refractivity contribution in [3.63, 3.8) is 0 Å². The highest BCUT2D eigenvalue weighted by molar-refractivity contribution is 7.99. The van der Waals surface area contributed by atoms with E-state index in [1.165, 1.54) is 4.88 Å². The molecule has 0 aliphatic carbocycles. The van der Waals surface area contributed by atoms with Crippen molar-refractivity contribution >= 4 is 29.1 Å². The van der Waals surface area contributed by atoms with Gasteiger partial charge in [0.2, 0.25) is 0 Å². The van der Waals surface area contributed by atoms with Crippen LogP contribution in [0, 0.1) is 0 Å². The lowest BCUT2D eigenvalue weighted by Crippen LogP contribution is -2.33. The lowest BCUT2D eigenvalue weighted by Gasteiger charge is -2.06. The zero-order chi connectivity index (χ0) is 10.8. The largest absolute Gasteiger partial charge is 0.480 e. The van der Waals surface area contributed by atoms with Crippen LogP contribution in [-0.2, 0) is 11.2 Å². The van der Waals surface area contributed by atoms with E-state index in [0.717, 1.165) is 11.4 Å². The van der Waals surface area contributed by atoms with Gasteiger partial charge in [0, 0.05) is 16.8 Å². The predicted molar refractivity (Wildman–Crippen MR) is 61.3 cm³/mol. The number of nitrogens with zero attached hydrogens (tertiary/aromatic N) is 1. The van der Waals surface area contributed by atoms with Crippen molar-refractivity contribution < 1.29 is 9.90 Å². The number of aromatic nitrogens is 1. The average molecular weight is 244 g/mol. The first-order chi connectivity index (χ1) is 7.20. The fourth-order valence-electron chi connectivity index (χ4n) is 1.36. The third kappa shape index (κ3) is 2.32. The number of carbonyl (C=O) groups is 1. The Morgan fingerprint density at radius 1 is 1.80 bits per heavy atom. The third-order valence-electron chi connectivity index (χ3n) is 2.22. The van der Waals surface area contributed by atoms with Crippen LogP contribution in [0.5, 0.6) is 0 Å². The Morgan fingerprint density at radius 3 is 3.13 bits per heavy atom. The van der Waals surface area contributed by atoms with Gasteiger partial charge in [-0.15, -0.1) is 23.1 Å². The highest BCUT2D eigenvalue weighted by Gasteiger charge is 2.31. The van der Waals surface area contributed by atoms with Crippen LogP contribution < -0.4 is 5.32 Å². The monoisotopic (exact) mass is 244 g/mol. The van der Waals surface area contributed by atoms with Crippen molar-refractivity contribution in [3.8, 4) is 0 Å². The molecular weight excluding hydrogens is 232 g/mol. The van der Waals surface area contributed by atoms with Gasteiger partial charge in [-0.25, -0.2) is 4.98 Å². The molecular formula is C9H12N2O2S2. The minimum atomic E-state index is -0.780. The minimum Gasteiger partial charge on any atom is -0.480 e. The molecule has 0 spiro atoms. The second-order valence-electron chi connectivity index (χ2n) is 3.29. The summed E-state index contributed by atoms with van der Waals surface area (Å²) < 4.78 is 0. The van der Waals surface area contributed by atoms with Crippen molar-refractivity contribution in [1.82, 2.24) is 10.3 Å². The van der Waals surface area contributed by atoms with Gasteiger partial charge in [-0.2, -0.15) is 0 Å².